The minimum atomic E-state index is -0.538. The van der Waals surface area contributed by atoms with Gasteiger partial charge < -0.3 is 29.7 Å². The average molecular weight is 503 g/mol. The van der Waals surface area contributed by atoms with Crippen molar-refractivity contribution >= 4 is 17.7 Å². The fraction of sp³-hybridized carbons (Fsp3) is 0.654. The molecule has 0 radical (unpaired) electrons. The second-order valence-corrected chi connectivity index (χ2v) is 9.78. The Balaban J connectivity index is 1.23. The van der Waals surface area contributed by atoms with Crippen molar-refractivity contribution in [1.82, 2.24) is 20.0 Å². The van der Waals surface area contributed by atoms with Gasteiger partial charge in [0.1, 0.15) is 5.75 Å². The number of morpholine rings is 1. The van der Waals surface area contributed by atoms with E-state index in [0.717, 1.165) is 24.2 Å². The fourth-order valence-electron chi connectivity index (χ4n) is 5.38. The van der Waals surface area contributed by atoms with Gasteiger partial charge in [0, 0.05) is 58.2 Å². The molecular formula is C26H38N4O6. The van der Waals surface area contributed by atoms with Gasteiger partial charge >= 0.3 is 0 Å². The van der Waals surface area contributed by atoms with Crippen molar-refractivity contribution in [3.8, 4) is 5.75 Å². The maximum Gasteiger partial charge on any atom is 0.237 e. The Hall–Kier alpha value is -2.69. The number of rotatable bonds is 8. The molecule has 10 heteroatoms. The molecule has 1 aromatic rings. The fourth-order valence-corrected chi connectivity index (χ4v) is 5.38. The number of β-amino-alcohol motifs (C(OH)–C–C–N with tert-alkyl or cyclic N) is 1. The number of hydrogen-bond donors (Lipinski definition) is 2. The van der Waals surface area contributed by atoms with Crippen LogP contribution in [0.15, 0.2) is 24.3 Å². The molecule has 36 heavy (non-hydrogen) atoms. The molecule has 2 N–H and O–H groups in total. The van der Waals surface area contributed by atoms with Gasteiger partial charge in [0.05, 0.1) is 32.5 Å². The molecule has 0 bridgehead atoms. The normalized spacial score (nSPS) is 23.5. The lowest BCUT2D eigenvalue weighted by Gasteiger charge is -2.39. The minimum absolute atomic E-state index is 0.00379. The summed E-state index contributed by atoms with van der Waals surface area (Å²) in [6.45, 7) is 4.34. The van der Waals surface area contributed by atoms with E-state index in [9.17, 15) is 19.5 Å². The third kappa shape index (κ3) is 6.74. The van der Waals surface area contributed by atoms with Crippen LogP contribution in [0.1, 0.15) is 37.7 Å². The van der Waals surface area contributed by atoms with E-state index in [1.54, 1.807) is 12.0 Å². The van der Waals surface area contributed by atoms with Gasteiger partial charge in [0.25, 0.3) is 0 Å². The monoisotopic (exact) mass is 502 g/mol. The van der Waals surface area contributed by atoms with Crippen LogP contribution in [-0.4, -0.2) is 109 Å². The van der Waals surface area contributed by atoms with E-state index < -0.39 is 6.10 Å². The van der Waals surface area contributed by atoms with Crippen LogP contribution in [-0.2, 0) is 25.7 Å². The largest absolute Gasteiger partial charge is 0.497 e. The number of aliphatic hydroxyl groups is 1. The van der Waals surface area contributed by atoms with Crippen molar-refractivity contribution in [1.29, 1.82) is 0 Å². The van der Waals surface area contributed by atoms with Gasteiger partial charge in [-0.1, -0.05) is 12.1 Å². The first kappa shape index (κ1) is 26.4. The van der Waals surface area contributed by atoms with Gasteiger partial charge in [0.15, 0.2) is 0 Å². The van der Waals surface area contributed by atoms with Gasteiger partial charge in [0.2, 0.25) is 17.7 Å². The molecule has 0 saturated carbocycles. The van der Waals surface area contributed by atoms with Crippen molar-refractivity contribution in [2.45, 2.75) is 56.8 Å². The second-order valence-electron chi connectivity index (χ2n) is 9.78. The van der Waals surface area contributed by atoms with Crippen LogP contribution in [0.3, 0.4) is 0 Å². The van der Waals surface area contributed by atoms with Gasteiger partial charge in [-0.05, 0) is 37.0 Å². The van der Waals surface area contributed by atoms with E-state index in [0.29, 0.717) is 58.9 Å². The van der Waals surface area contributed by atoms with Gasteiger partial charge in [-0.15, -0.1) is 0 Å². The molecule has 3 fully saturated rings. The number of methoxy groups -OCH3 is 1. The maximum absolute atomic E-state index is 13.0. The summed E-state index contributed by atoms with van der Waals surface area (Å²) < 4.78 is 10.5. The Labute approximate surface area is 212 Å². The average Bonchev–Trinajstić information content (AvgIpc) is 3.32. The predicted molar refractivity (Wildman–Crippen MR) is 132 cm³/mol. The third-order valence-electron chi connectivity index (χ3n) is 7.42. The molecule has 2 atom stereocenters. The zero-order valence-corrected chi connectivity index (χ0v) is 21.1. The number of nitrogens with one attached hydrogen (secondary N) is 1. The highest BCUT2D eigenvalue weighted by Crippen LogP contribution is 2.27. The third-order valence-corrected chi connectivity index (χ3v) is 7.42. The van der Waals surface area contributed by atoms with Crippen LogP contribution in [0, 0.1) is 0 Å². The molecule has 4 rings (SSSR count). The van der Waals surface area contributed by atoms with Crippen molar-refractivity contribution in [2.24, 2.45) is 0 Å². The summed E-state index contributed by atoms with van der Waals surface area (Å²) >= 11 is 0. The Morgan fingerprint density at radius 1 is 1.06 bits per heavy atom. The summed E-state index contributed by atoms with van der Waals surface area (Å²) in [6, 6.07) is 7.32. The Kier molecular flexibility index (Phi) is 9.17. The summed E-state index contributed by atoms with van der Waals surface area (Å²) in [5.74, 6) is 0.667. The van der Waals surface area contributed by atoms with E-state index in [1.807, 2.05) is 29.2 Å². The van der Waals surface area contributed by atoms with E-state index >= 15 is 0 Å². The van der Waals surface area contributed by atoms with Crippen molar-refractivity contribution in [3.05, 3.63) is 29.8 Å². The Morgan fingerprint density at radius 3 is 2.39 bits per heavy atom. The molecule has 0 spiro atoms. The molecule has 0 aliphatic carbocycles. The molecule has 3 amide bonds. The molecule has 3 aliphatic rings. The van der Waals surface area contributed by atoms with E-state index in [4.69, 9.17) is 9.47 Å². The van der Waals surface area contributed by atoms with Crippen LogP contribution >= 0.6 is 0 Å². The number of carbonyl (C=O) groups is 3. The molecule has 3 saturated heterocycles. The zero-order chi connectivity index (χ0) is 25.5. The topological polar surface area (TPSA) is 112 Å². The number of likely N-dealkylation sites (tertiary alicyclic amines) is 2. The smallest absolute Gasteiger partial charge is 0.237 e. The highest BCUT2D eigenvalue weighted by Gasteiger charge is 2.41. The first-order chi connectivity index (χ1) is 17.4. The summed E-state index contributed by atoms with van der Waals surface area (Å²) in [7, 11) is 1.61. The highest BCUT2D eigenvalue weighted by molar-refractivity contribution is 5.84. The zero-order valence-electron chi connectivity index (χ0n) is 21.1. The predicted octanol–water partition coefficient (Wildman–Crippen LogP) is 0.377. The molecule has 0 unspecified atom stereocenters. The molecule has 0 aromatic heterocycles. The highest BCUT2D eigenvalue weighted by atomic mass is 16.5. The van der Waals surface area contributed by atoms with E-state index in [1.165, 1.54) is 0 Å². The van der Waals surface area contributed by atoms with Gasteiger partial charge in [-0.2, -0.15) is 0 Å². The summed E-state index contributed by atoms with van der Waals surface area (Å²) in [5.41, 5.74) is 0.951. The van der Waals surface area contributed by atoms with Crippen molar-refractivity contribution < 1.29 is 29.0 Å². The number of piperidine rings is 1. The van der Waals surface area contributed by atoms with Crippen molar-refractivity contribution in [3.63, 3.8) is 0 Å². The number of nitrogens with zero attached hydrogens (tertiary/aromatic N) is 3. The number of aliphatic hydroxyl groups excluding tert-OH is 1. The van der Waals surface area contributed by atoms with E-state index in [2.05, 4.69) is 10.2 Å². The van der Waals surface area contributed by atoms with Crippen LogP contribution in [0.25, 0.3) is 0 Å². The number of carbonyl (C=O) groups excluding carboxylic acids is 3. The molecule has 1 aromatic carbocycles. The summed E-state index contributed by atoms with van der Waals surface area (Å²) in [6.07, 6.45) is 1.81. The van der Waals surface area contributed by atoms with Gasteiger partial charge in [-0.25, -0.2) is 0 Å². The quantitative estimate of drug-likeness (QED) is 0.529. The first-order valence-electron chi connectivity index (χ1n) is 12.9. The number of ether oxygens (including phenoxy) is 2. The number of benzene rings is 1. The number of amides is 3. The minimum Gasteiger partial charge on any atom is -0.497 e. The summed E-state index contributed by atoms with van der Waals surface area (Å²) in [4.78, 5) is 43.8. The van der Waals surface area contributed by atoms with Gasteiger partial charge in [-0.3, -0.25) is 19.3 Å². The Morgan fingerprint density at radius 2 is 1.72 bits per heavy atom. The lowest BCUT2D eigenvalue weighted by atomic mass is 10.0. The molecule has 10 nitrogen and oxygen atoms in total. The lowest BCUT2D eigenvalue weighted by Crippen LogP contribution is -2.52. The van der Waals surface area contributed by atoms with Crippen LogP contribution < -0.4 is 10.1 Å². The maximum atomic E-state index is 13.0. The molecule has 3 heterocycles. The second kappa shape index (κ2) is 12.5. The van der Waals surface area contributed by atoms with E-state index in [-0.39, 0.29) is 42.6 Å². The van der Waals surface area contributed by atoms with Crippen molar-refractivity contribution in [2.75, 3.05) is 53.0 Å². The Bertz CT molecular complexity index is 913. The first-order valence-corrected chi connectivity index (χ1v) is 12.9. The molecule has 3 aliphatic heterocycles. The number of hydrogen-bond acceptors (Lipinski definition) is 7. The SMILES string of the molecule is COc1cccc(CNC(=O)[C@@H]2C[C@@H](O)CN2C2CCN(C(=O)CCC(=O)N3CCOCC3)CC2)c1. The van der Waals surface area contributed by atoms with Crippen LogP contribution in [0.4, 0.5) is 0 Å². The van der Waals surface area contributed by atoms with Crippen LogP contribution in [0.5, 0.6) is 5.75 Å². The summed E-state index contributed by atoms with van der Waals surface area (Å²) in [5, 5.41) is 13.3. The standard InChI is InChI=1S/C26H38N4O6/c1-35-22-4-2-3-19(15-22)17-27-26(34)23-16-21(31)18-30(23)20-7-9-28(10-8-20)24(32)5-6-25(33)29-11-13-36-14-12-29/h2-4,15,20-21,23,31H,5-14,16-18H2,1H3,(H,27,34)/t21-,23+/m1/s1. The molecule has 198 valence electrons. The lowest BCUT2D eigenvalue weighted by molar-refractivity contribution is -0.140. The van der Waals surface area contributed by atoms with Crippen LogP contribution in [0.2, 0.25) is 0 Å². The molecular weight excluding hydrogens is 464 g/mol.